The second-order valence-electron chi connectivity index (χ2n) is 4.92. The van der Waals surface area contributed by atoms with E-state index in [0.717, 1.165) is 19.6 Å². The Labute approximate surface area is 101 Å². The zero-order valence-electron chi connectivity index (χ0n) is 11.2. The molecule has 0 radical (unpaired) electrons. The van der Waals surface area contributed by atoms with Gasteiger partial charge >= 0.3 is 0 Å². The molecule has 2 atom stereocenters. The quantitative estimate of drug-likeness (QED) is 0.642. The molecular weight excluding hydrogens is 200 g/mol. The maximum atomic E-state index is 6.02. The van der Waals surface area contributed by atoms with Crippen LogP contribution in [0.2, 0.25) is 0 Å². The van der Waals surface area contributed by atoms with E-state index >= 15 is 0 Å². The van der Waals surface area contributed by atoms with Crippen LogP contribution >= 0.6 is 0 Å². The van der Waals surface area contributed by atoms with Crippen LogP contribution in [0.4, 0.5) is 0 Å². The van der Waals surface area contributed by atoms with Gasteiger partial charge in [-0.25, -0.2) is 0 Å². The summed E-state index contributed by atoms with van der Waals surface area (Å²) in [6, 6.07) is 0. The van der Waals surface area contributed by atoms with Crippen molar-refractivity contribution in [1.29, 1.82) is 0 Å². The Morgan fingerprint density at radius 2 is 1.94 bits per heavy atom. The Balaban J connectivity index is 2.09. The van der Waals surface area contributed by atoms with Gasteiger partial charge < -0.3 is 15.0 Å². The summed E-state index contributed by atoms with van der Waals surface area (Å²) in [4.78, 5) is 2.38. The van der Waals surface area contributed by atoms with E-state index in [-0.39, 0.29) is 0 Å². The Bertz CT molecular complexity index is 175. The van der Waals surface area contributed by atoms with Crippen molar-refractivity contribution in [3.63, 3.8) is 0 Å². The predicted molar refractivity (Wildman–Crippen MR) is 68.8 cm³/mol. The summed E-state index contributed by atoms with van der Waals surface area (Å²) in [5, 5.41) is 3.44. The van der Waals surface area contributed by atoms with Crippen LogP contribution in [0.25, 0.3) is 0 Å². The molecule has 1 fully saturated rings. The second-order valence-corrected chi connectivity index (χ2v) is 4.92. The molecule has 1 saturated heterocycles. The molecule has 0 aromatic rings. The van der Waals surface area contributed by atoms with E-state index in [2.05, 4.69) is 31.1 Å². The van der Waals surface area contributed by atoms with Crippen molar-refractivity contribution in [3.05, 3.63) is 0 Å². The number of hydrogen-bond donors (Lipinski definition) is 1. The van der Waals surface area contributed by atoms with Crippen LogP contribution in [0.15, 0.2) is 0 Å². The number of likely N-dealkylation sites (N-methyl/N-ethyl adjacent to an activating group) is 1. The van der Waals surface area contributed by atoms with E-state index < -0.39 is 0 Å². The Morgan fingerprint density at radius 1 is 1.19 bits per heavy atom. The number of ether oxygens (including phenoxy) is 1. The molecule has 1 rings (SSSR count). The minimum atomic E-state index is 0.451. The normalized spacial score (nSPS) is 25.5. The van der Waals surface area contributed by atoms with Crippen LogP contribution < -0.4 is 5.32 Å². The van der Waals surface area contributed by atoms with Gasteiger partial charge in [-0.3, -0.25) is 0 Å². The van der Waals surface area contributed by atoms with Crippen LogP contribution in [0, 0.1) is 0 Å². The van der Waals surface area contributed by atoms with E-state index in [1.54, 1.807) is 0 Å². The molecule has 3 nitrogen and oxygen atoms in total. The number of nitrogens with one attached hydrogen (secondary N) is 1. The smallest absolute Gasteiger partial charge is 0.0707 e. The SMILES string of the molecule is CCCNCC1CCC(CN(C)CCC)O1. The third-order valence-electron chi connectivity index (χ3n) is 3.11. The molecule has 1 heterocycles. The third kappa shape index (κ3) is 5.28. The standard InChI is InChI=1S/C13H28N2O/c1-4-8-14-10-12-6-7-13(16-12)11-15(3)9-5-2/h12-14H,4-11H2,1-3H3. The molecule has 0 aliphatic carbocycles. The summed E-state index contributed by atoms with van der Waals surface area (Å²) in [7, 11) is 2.19. The largest absolute Gasteiger partial charge is 0.372 e. The summed E-state index contributed by atoms with van der Waals surface area (Å²) in [6.45, 7) is 8.84. The third-order valence-corrected chi connectivity index (χ3v) is 3.11. The number of hydrogen-bond acceptors (Lipinski definition) is 3. The Morgan fingerprint density at radius 3 is 2.62 bits per heavy atom. The highest BCUT2D eigenvalue weighted by Gasteiger charge is 2.25. The first-order valence-corrected chi connectivity index (χ1v) is 6.81. The molecule has 2 unspecified atom stereocenters. The number of nitrogens with zero attached hydrogens (tertiary/aromatic N) is 1. The maximum absolute atomic E-state index is 6.02. The van der Waals surface area contributed by atoms with Gasteiger partial charge in [-0.05, 0) is 45.8 Å². The van der Waals surface area contributed by atoms with Gasteiger partial charge in [0, 0.05) is 13.1 Å². The molecular formula is C13H28N2O. The van der Waals surface area contributed by atoms with Crippen LogP contribution in [0.1, 0.15) is 39.5 Å². The first-order valence-electron chi connectivity index (χ1n) is 6.81. The lowest BCUT2D eigenvalue weighted by atomic mass is 10.2. The summed E-state index contributed by atoms with van der Waals surface area (Å²) in [5.74, 6) is 0. The minimum absolute atomic E-state index is 0.451. The summed E-state index contributed by atoms with van der Waals surface area (Å²) >= 11 is 0. The fourth-order valence-electron chi connectivity index (χ4n) is 2.32. The van der Waals surface area contributed by atoms with Gasteiger partial charge in [0.15, 0.2) is 0 Å². The van der Waals surface area contributed by atoms with Crippen LogP contribution in [0.5, 0.6) is 0 Å². The predicted octanol–water partition coefficient (Wildman–Crippen LogP) is 1.88. The maximum Gasteiger partial charge on any atom is 0.0707 e. The lowest BCUT2D eigenvalue weighted by Crippen LogP contribution is -2.32. The molecule has 0 spiro atoms. The highest BCUT2D eigenvalue weighted by Crippen LogP contribution is 2.19. The van der Waals surface area contributed by atoms with E-state index in [1.165, 1.54) is 32.2 Å². The summed E-state index contributed by atoms with van der Waals surface area (Å²) in [5.41, 5.74) is 0. The van der Waals surface area contributed by atoms with Crippen LogP contribution in [0.3, 0.4) is 0 Å². The minimum Gasteiger partial charge on any atom is -0.372 e. The Kier molecular flexibility index (Phi) is 7.01. The molecule has 1 aliphatic heterocycles. The van der Waals surface area contributed by atoms with Gasteiger partial charge in [0.05, 0.1) is 12.2 Å². The molecule has 0 aromatic heterocycles. The second kappa shape index (κ2) is 8.04. The molecule has 0 amide bonds. The number of rotatable bonds is 8. The lowest BCUT2D eigenvalue weighted by Gasteiger charge is -2.20. The van der Waals surface area contributed by atoms with Crippen molar-refractivity contribution in [2.75, 3.05) is 33.2 Å². The van der Waals surface area contributed by atoms with Crippen molar-refractivity contribution in [2.24, 2.45) is 0 Å². The van der Waals surface area contributed by atoms with Crippen molar-refractivity contribution in [2.45, 2.75) is 51.7 Å². The van der Waals surface area contributed by atoms with E-state index in [4.69, 9.17) is 4.74 Å². The van der Waals surface area contributed by atoms with Crippen molar-refractivity contribution >= 4 is 0 Å². The molecule has 1 aliphatic rings. The molecule has 0 saturated carbocycles. The van der Waals surface area contributed by atoms with Crippen molar-refractivity contribution in [3.8, 4) is 0 Å². The Hall–Kier alpha value is -0.120. The zero-order valence-corrected chi connectivity index (χ0v) is 11.2. The van der Waals surface area contributed by atoms with Crippen molar-refractivity contribution < 1.29 is 4.74 Å². The van der Waals surface area contributed by atoms with Gasteiger partial charge in [0.25, 0.3) is 0 Å². The molecule has 1 N–H and O–H groups in total. The average molecular weight is 228 g/mol. The van der Waals surface area contributed by atoms with Gasteiger partial charge in [0.1, 0.15) is 0 Å². The van der Waals surface area contributed by atoms with E-state index in [9.17, 15) is 0 Å². The average Bonchev–Trinajstić information content (AvgIpc) is 2.66. The van der Waals surface area contributed by atoms with Gasteiger partial charge in [-0.2, -0.15) is 0 Å². The van der Waals surface area contributed by atoms with Crippen LogP contribution in [-0.2, 0) is 4.74 Å². The van der Waals surface area contributed by atoms with Gasteiger partial charge in [-0.15, -0.1) is 0 Å². The molecule has 3 heteroatoms. The van der Waals surface area contributed by atoms with Gasteiger partial charge in [0.2, 0.25) is 0 Å². The highest BCUT2D eigenvalue weighted by atomic mass is 16.5. The zero-order chi connectivity index (χ0) is 11.8. The van der Waals surface area contributed by atoms with Crippen LogP contribution in [-0.4, -0.2) is 50.3 Å². The molecule has 0 bridgehead atoms. The fraction of sp³-hybridized carbons (Fsp3) is 1.00. The van der Waals surface area contributed by atoms with Crippen molar-refractivity contribution in [1.82, 2.24) is 10.2 Å². The topological polar surface area (TPSA) is 24.5 Å². The van der Waals surface area contributed by atoms with E-state index in [0.29, 0.717) is 12.2 Å². The summed E-state index contributed by atoms with van der Waals surface area (Å²) in [6.07, 6.45) is 5.80. The summed E-state index contributed by atoms with van der Waals surface area (Å²) < 4.78 is 6.02. The molecule has 0 aromatic carbocycles. The fourth-order valence-corrected chi connectivity index (χ4v) is 2.32. The lowest BCUT2D eigenvalue weighted by molar-refractivity contribution is 0.0280. The molecule has 96 valence electrons. The van der Waals surface area contributed by atoms with Gasteiger partial charge in [-0.1, -0.05) is 13.8 Å². The monoisotopic (exact) mass is 228 g/mol. The highest BCUT2D eigenvalue weighted by molar-refractivity contribution is 4.77. The first-order chi connectivity index (χ1) is 7.76. The molecule has 16 heavy (non-hydrogen) atoms. The first kappa shape index (κ1) is 13.9. The van der Waals surface area contributed by atoms with E-state index in [1.807, 2.05) is 0 Å².